The van der Waals surface area contributed by atoms with Gasteiger partial charge in [0.2, 0.25) is 17.7 Å². The molecule has 3 amide bonds. The van der Waals surface area contributed by atoms with E-state index in [2.05, 4.69) is 6.08 Å². The lowest BCUT2D eigenvalue weighted by Crippen LogP contribution is -2.57. The van der Waals surface area contributed by atoms with Crippen LogP contribution in [-0.2, 0) is 14.4 Å². The van der Waals surface area contributed by atoms with Gasteiger partial charge in [-0.2, -0.15) is 0 Å². The molecule has 0 aliphatic carbocycles. The van der Waals surface area contributed by atoms with Crippen molar-refractivity contribution >= 4 is 29.5 Å². The third-order valence-corrected chi connectivity index (χ3v) is 8.92. The van der Waals surface area contributed by atoms with E-state index in [4.69, 9.17) is 0 Å². The van der Waals surface area contributed by atoms with Crippen LogP contribution in [0.3, 0.4) is 0 Å². The van der Waals surface area contributed by atoms with Gasteiger partial charge in [-0.25, -0.2) is 0 Å². The number of hydrogen-bond donors (Lipinski definition) is 1. The summed E-state index contributed by atoms with van der Waals surface area (Å²) in [7, 11) is 1.77. The van der Waals surface area contributed by atoms with E-state index in [1.807, 2.05) is 50.8 Å². The van der Waals surface area contributed by atoms with E-state index in [9.17, 15) is 19.5 Å². The van der Waals surface area contributed by atoms with Crippen LogP contribution in [0.2, 0.25) is 0 Å². The predicted octanol–water partition coefficient (Wildman–Crippen LogP) is 1.28. The van der Waals surface area contributed by atoms with Gasteiger partial charge < -0.3 is 19.8 Å². The zero-order valence-electron chi connectivity index (χ0n) is 19.0. The van der Waals surface area contributed by atoms with Crippen LogP contribution in [0.4, 0.5) is 0 Å². The topological polar surface area (TPSA) is 81.2 Å². The minimum absolute atomic E-state index is 0.0456. The minimum Gasteiger partial charge on any atom is -0.396 e. The molecular formula is C23H33N3O4S. The lowest BCUT2D eigenvalue weighted by atomic mass is 9.74. The first-order valence-corrected chi connectivity index (χ1v) is 11.8. The second kappa shape index (κ2) is 7.37. The Balaban J connectivity index is 1.88. The Bertz CT molecular complexity index is 865. The van der Waals surface area contributed by atoms with Crippen LogP contribution in [0, 0.1) is 11.8 Å². The molecule has 0 aromatic rings. The number of amides is 3. The summed E-state index contributed by atoms with van der Waals surface area (Å²) < 4.78 is -1.37. The molecule has 170 valence electrons. The summed E-state index contributed by atoms with van der Waals surface area (Å²) in [5.74, 6) is -1.41. The highest BCUT2D eigenvalue weighted by Crippen LogP contribution is 2.65. The smallest absolute Gasteiger partial charge is 0.247 e. The molecule has 2 saturated heterocycles. The third-order valence-electron chi connectivity index (χ3n) is 7.13. The SMILES string of the molecule is CN1CC=C[C@@]2(C)S[C@]34C=CCN(C(C)(C)C)C(=O)C3N(CCCO)C(=O)[C@@H]4[C@H]2C1=O. The van der Waals surface area contributed by atoms with E-state index in [-0.39, 0.29) is 24.3 Å². The predicted molar refractivity (Wildman–Crippen MR) is 120 cm³/mol. The Hall–Kier alpha value is -1.80. The summed E-state index contributed by atoms with van der Waals surface area (Å²) in [5, 5.41) is 9.43. The van der Waals surface area contributed by atoms with Crippen molar-refractivity contribution < 1.29 is 19.5 Å². The van der Waals surface area contributed by atoms with Crippen LogP contribution in [0.15, 0.2) is 24.3 Å². The van der Waals surface area contributed by atoms with E-state index in [0.29, 0.717) is 26.1 Å². The molecule has 0 bridgehead atoms. The zero-order chi connectivity index (χ0) is 22.8. The summed E-state index contributed by atoms with van der Waals surface area (Å²) in [6, 6.07) is -0.685. The number of thioether (sulfide) groups is 1. The molecule has 1 spiro atoms. The molecular weight excluding hydrogens is 414 g/mol. The molecule has 0 saturated carbocycles. The zero-order valence-corrected chi connectivity index (χ0v) is 19.8. The number of carbonyl (C=O) groups excluding carboxylic acids is 3. The van der Waals surface area contributed by atoms with Crippen molar-refractivity contribution in [2.75, 3.05) is 33.3 Å². The van der Waals surface area contributed by atoms with Crippen molar-refractivity contribution in [3.8, 4) is 0 Å². The van der Waals surface area contributed by atoms with Gasteiger partial charge in [0, 0.05) is 43.6 Å². The van der Waals surface area contributed by atoms with Crippen molar-refractivity contribution in [2.45, 2.75) is 55.2 Å². The van der Waals surface area contributed by atoms with Crippen molar-refractivity contribution in [2.24, 2.45) is 11.8 Å². The molecule has 0 radical (unpaired) electrons. The fraction of sp³-hybridized carbons (Fsp3) is 0.696. The number of hydrogen-bond acceptors (Lipinski definition) is 5. The Labute approximate surface area is 188 Å². The fourth-order valence-corrected chi connectivity index (χ4v) is 7.89. The summed E-state index contributed by atoms with van der Waals surface area (Å²) in [6.45, 7) is 9.26. The van der Waals surface area contributed by atoms with Crippen LogP contribution < -0.4 is 0 Å². The second-order valence-corrected chi connectivity index (χ2v) is 12.0. The number of carbonyl (C=O) groups is 3. The normalized spacial score (nSPS) is 37.7. The van der Waals surface area contributed by atoms with Crippen molar-refractivity contribution in [3.63, 3.8) is 0 Å². The fourth-order valence-electron chi connectivity index (χ4n) is 5.73. The Morgan fingerprint density at radius 1 is 1.06 bits per heavy atom. The number of rotatable bonds is 3. The highest BCUT2D eigenvalue weighted by molar-refractivity contribution is 8.02. The highest BCUT2D eigenvalue weighted by atomic mass is 32.2. The highest BCUT2D eigenvalue weighted by Gasteiger charge is 2.73. The van der Waals surface area contributed by atoms with Gasteiger partial charge in [-0.15, -0.1) is 11.8 Å². The maximum absolute atomic E-state index is 14.0. The monoisotopic (exact) mass is 447 g/mol. The van der Waals surface area contributed by atoms with Crippen LogP contribution >= 0.6 is 11.8 Å². The number of aliphatic hydroxyl groups is 1. The molecule has 4 heterocycles. The first-order valence-electron chi connectivity index (χ1n) is 11.0. The molecule has 1 unspecified atom stereocenters. The molecule has 5 atom stereocenters. The molecule has 1 N–H and O–H groups in total. The number of likely N-dealkylation sites (tertiary alicyclic amines) is 1. The van der Waals surface area contributed by atoms with Crippen molar-refractivity contribution in [1.82, 2.24) is 14.7 Å². The van der Waals surface area contributed by atoms with Crippen LogP contribution in [0.5, 0.6) is 0 Å². The average molecular weight is 448 g/mol. The third kappa shape index (κ3) is 3.17. The quantitative estimate of drug-likeness (QED) is 0.660. The molecule has 0 aromatic heterocycles. The van der Waals surface area contributed by atoms with Gasteiger partial charge >= 0.3 is 0 Å². The first kappa shape index (κ1) is 22.4. The van der Waals surface area contributed by atoms with Crippen LogP contribution in [0.25, 0.3) is 0 Å². The number of nitrogens with zero attached hydrogens (tertiary/aromatic N) is 3. The Kier molecular flexibility index (Phi) is 5.33. The van der Waals surface area contributed by atoms with Crippen molar-refractivity contribution in [3.05, 3.63) is 24.3 Å². The van der Waals surface area contributed by atoms with E-state index >= 15 is 0 Å². The summed E-state index contributed by atoms with van der Waals surface area (Å²) >= 11 is 1.60. The van der Waals surface area contributed by atoms with Crippen LogP contribution in [0.1, 0.15) is 34.1 Å². The van der Waals surface area contributed by atoms with Gasteiger partial charge in [0.25, 0.3) is 0 Å². The lowest BCUT2D eigenvalue weighted by molar-refractivity contribution is -0.146. The van der Waals surface area contributed by atoms with Gasteiger partial charge in [0.15, 0.2) is 0 Å². The minimum atomic E-state index is -0.804. The van der Waals surface area contributed by atoms with E-state index in [0.717, 1.165) is 0 Å². The molecule has 2 fully saturated rings. The molecule has 4 aliphatic rings. The number of fused-ring (bicyclic) bond motifs is 2. The lowest BCUT2D eigenvalue weighted by Gasteiger charge is -2.41. The standard InChI is InChI=1S/C23H33N3O4S/c1-21(2,3)26-13-7-10-23-16(19(29)25(12-8-14-27)17(23)20(26)30)15-18(28)24(5)11-6-9-22(15,4)31-23/h6-7,9-10,15-17,27H,8,11-14H2,1-5H3/t15-,16-,17?,22+,23-/m0/s1. The van der Waals surface area contributed by atoms with E-state index < -0.39 is 32.9 Å². The van der Waals surface area contributed by atoms with Gasteiger partial charge in [0.1, 0.15) is 6.04 Å². The maximum atomic E-state index is 14.0. The Morgan fingerprint density at radius 2 is 1.74 bits per heavy atom. The molecule has 7 nitrogen and oxygen atoms in total. The maximum Gasteiger partial charge on any atom is 0.247 e. The first-order chi connectivity index (χ1) is 14.5. The molecule has 4 rings (SSSR count). The number of likely N-dealkylation sites (N-methyl/N-ethyl adjacent to an activating group) is 1. The van der Waals surface area contributed by atoms with Gasteiger partial charge in [-0.3, -0.25) is 14.4 Å². The summed E-state index contributed by atoms with van der Waals surface area (Å²) in [4.78, 5) is 46.4. The summed E-state index contributed by atoms with van der Waals surface area (Å²) in [6.07, 6.45) is 8.49. The molecule has 4 aliphatic heterocycles. The summed E-state index contributed by atoms with van der Waals surface area (Å²) in [5.41, 5.74) is -0.399. The Morgan fingerprint density at radius 3 is 2.39 bits per heavy atom. The second-order valence-electron chi connectivity index (χ2n) is 10.2. The molecule has 31 heavy (non-hydrogen) atoms. The van der Waals surface area contributed by atoms with Gasteiger partial charge in [-0.1, -0.05) is 24.3 Å². The largest absolute Gasteiger partial charge is 0.396 e. The molecule has 0 aromatic carbocycles. The number of aliphatic hydroxyl groups excluding tert-OH is 1. The average Bonchev–Trinajstić information content (AvgIpc) is 2.94. The van der Waals surface area contributed by atoms with Crippen LogP contribution in [-0.4, -0.2) is 91.9 Å². The van der Waals surface area contributed by atoms with E-state index in [1.165, 1.54) is 0 Å². The van der Waals surface area contributed by atoms with E-state index in [1.54, 1.807) is 28.6 Å². The molecule has 8 heteroatoms. The van der Waals surface area contributed by atoms with Gasteiger partial charge in [0.05, 0.1) is 16.6 Å². The van der Waals surface area contributed by atoms with Crippen molar-refractivity contribution in [1.29, 1.82) is 0 Å². The van der Waals surface area contributed by atoms with Gasteiger partial charge in [-0.05, 0) is 34.1 Å².